The number of carbonyl (C=O) groups excluding carboxylic acids is 3. The van der Waals surface area contributed by atoms with Gasteiger partial charge in [0.05, 0.1) is 30.1 Å². The Kier molecular flexibility index (Phi) is 12.4. The van der Waals surface area contributed by atoms with Gasteiger partial charge in [-0.2, -0.15) is 36.3 Å². The number of rotatable bonds is 9. The molecule has 0 aliphatic rings. The fourth-order valence-electron chi connectivity index (χ4n) is 5.42. The van der Waals surface area contributed by atoms with E-state index in [1.54, 1.807) is 132 Å². The number of imidazole rings is 2. The minimum absolute atomic E-state index is 0.317. The Balaban J connectivity index is 0.000000202. The minimum Gasteiger partial charge on any atom is -0.369 e. The first-order chi connectivity index (χ1) is 28.5. The number of hydrogen-bond donors (Lipinski definition) is 4. The predicted octanol–water partition coefficient (Wildman–Crippen LogP) is 7.15. The summed E-state index contributed by atoms with van der Waals surface area (Å²) < 4.78 is 81.9. The van der Waals surface area contributed by atoms with Crippen LogP contribution in [0.25, 0.3) is 45.3 Å². The van der Waals surface area contributed by atoms with Crippen LogP contribution in [0.15, 0.2) is 113 Å². The molecule has 2 aromatic carbocycles. The molecule has 7 aromatic rings. The molecule has 22 heteroatoms. The lowest BCUT2D eigenvalue weighted by atomic mass is 10.1. The monoisotopic (exact) mass is 834 g/mol. The molecule has 0 fully saturated rings. The highest BCUT2D eigenvalue weighted by atomic mass is 19.4. The summed E-state index contributed by atoms with van der Waals surface area (Å²) in [6.07, 6.45) is 0.446. The van der Waals surface area contributed by atoms with Crippen LogP contribution in [0.3, 0.4) is 0 Å². The topological polar surface area (TPSA) is 188 Å². The Morgan fingerprint density at radius 1 is 0.717 bits per heavy atom. The van der Waals surface area contributed by atoms with Gasteiger partial charge in [-0.05, 0) is 48.5 Å². The van der Waals surface area contributed by atoms with E-state index < -0.39 is 43.4 Å². The van der Waals surface area contributed by atoms with Crippen LogP contribution in [0.5, 0.6) is 0 Å². The van der Waals surface area contributed by atoms with E-state index in [1.807, 2.05) is 4.40 Å². The lowest BCUT2D eigenvalue weighted by molar-refractivity contribution is -0.123. The van der Waals surface area contributed by atoms with Crippen molar-refractivity contribution in [3.05, 3.63) is 109 Å². The molecule has 0 radical (unpaired) electrons. The molecule has 16 nitrogen and oxygen atoms in total. The van der Waals surface area contributed by atoms with Crippen molar-refractivity contribution in [3.8, 4) is 34.0 Å². The summed E-state index contributed by atoms with van der Waals surface area (Å²) in [5, 5.41) is 11.8. The van der Waals surface area contributed by atoms with Gasteiger partial charge in [0.25, 0.3) is 11.8 Å². The van der Waals surface area contributed by atoms with Gasteiger partial charge in [-0.15, -0.1) is 0 Å². The van der Waals surface area contributed by atoms with Gasteiger partial charge in [0.1, 0.15) is 24.4 Å². The smallest absolute Gasteiger partial charge is 0.369 e. The van der Waals surface area contributed by atoms with Crippen molar-refractivity contribution in [2.45, 2.75) is 12.4 Å². The number of benzene rings is 2. The van der Waals surface area contributed by atoms with E-state index in [4.69, 9.17) is 4.52 Å². The number of hydrogen-bond acceptors (Lipinski definition) is 8. The molecular weight excluding hydrogens is 802 g/mol. The number of fused-ring (bicyclic) bond motifs is 2. The normalized spacial score (nSPS) is 11.6. The number of nitrogens with one attached hydrogen (secondary N) is 4. The van der Waals surface area contributed by atoms with Gasteiger partial charge < -0.3 is 30.7 Å². The Morgan fingerprint density at radius 2 is 1.25 bits per heavy atom. The Bertz CT molecular complexity index is 2650. The number of halogens is 6. The van der Waals surface area contributed by atoms with E-state index in [0.717, 1.165) is 11.3 Å². The summed E-state index contributed by atoms with van der Waals surface area (Å²) in [6, 6.07) is 18.2. The van der Waals surface area contributed by atoms with Crippen molar-refractivity contribution in [1.29, 1.82) is 0 Å². The second kappa shape index (κ2) is 17.8. The van der Waals surface area contributed by atoms with E-state index in [1.165, 1.54) is 12.7 Å². The number of pyridine rings is 2. The molecule has 60 heavy (non-hydrogen) atoms. The lowest BCUT2D eigenvalue weighted by Gasteiger charge is -2.10. The van der Waals surface area contributed by atoms with E-state index in [-0.39, 0.29) is 0 Å². The van der Waals surface area contributed by atoms with Gasteiger partial charge >= 0.3 is 24.4 Å². The molecule has 0 saturated carbocycles. The number of alkyl halides is 6. The SMILES string of the molecule is CN(C)C=NC(=O)c1ccn2c(-c3cccc(NC(=O)NCC(F)(F)F)c3)cnc2c1.O=C(NCC(F)(F)F)Nc1cccc(-c2cnc3cc(-c4ncno4)ccn23)c1. The fourth-order valence-corrected chi connectivity index (χ4v) is 5.42. The highest BCUT2D eigenvalue weighted by Crippen LogP contribution is 2.27. The average molecular weight is 835 g/mol. The van der Waals surface area contributed by atoms with Crippen LogP contribution in [-0.4, -0.2) is 97.7 Å². The first kappa shape index (κ1) is 41.8. The number of aromatic nitrogens is 6. The number of nitrogens with zero attached hydrogens (tertiary/aromatic N) is 8. The lowest BCUT2D eigenvalue weighted by Crippen LogP contribution is -2.36. The zero-order valence-corrected chi connectivity index (χ0v) is 31.3. The average Bonchev–Trinajstić information content (AvgIpc) is 3.99. The first-order valence-corrected chi connectivity index (χ1v) is 17.4. The fraction of sp³-hybridized carbons (Fsp3) is 0.158. The van der Waals surface area contributed by atoms with Crippen molar-refractivity contribution >= 4 is 47.0 Å². The molecule has 0 aliphatic heterocycles. The molecule has 4 N–H and O–H groups in total. The summed E-state index contributed by atoms with van der Waals surface area (Å²) in [5.41, 5.74) is 5.70. The molecule has 5 amide bonds. The highest BCUT2D eigenvalue weighted by Gasteiger charge is 2.28. The van der Waals surface area contributed by atoms with E-state index in [2.05, 4.69) is 35.7 Å². The number of aliphatic imine (C=N–C) groups is 1. The van der Waals surface area contributed by atoms with Crippen molar-refractivity contribution < 1.29 is 45.2 Å². The van der Waals surface area contributed by atoms with Gasteiger partial charge in [-0.25, -0.2) is 19.6 Å². The zero-order chi connectivity index (χ0) is 43.0. The van der Waals surface area contributed by atoms with Crippen molar-refractivity contribution in [2.75, 3.05) is 37.8 Å². The Hall–Kier alpha value is -7.78. The van der Waals surface area contributed by atoms with Crippen LogP contribution in [-0.2, 0) is 0 Å². The van der Waals surface area contributed by atoms with Crippen LogP contribution in [0.2, 0.25) is 0 Å². The quantitative estimate of drug-likeness (QED) is 0.0665. The standard InChI is InChI=1S/C20H19F3N6O2.C18H13F3N6O2/c1-28(2)12-26-18(30)14-6-7-29-16(10-24-17(29)9-14)13-4-3-5-15(8-13)27-19(31)25-11-20(21,22)23;19-18(20,21)9-23-17(28)26-13-3-1-2-11(6-13)14-8-22-15-7-12(4-5-27(14)15)16-24-10-25-29-16/h3-10,12H,11H2,1-2H3,(H2,25,27,31);1-8,10H,9H2,(H2,23,26,28). The van der Waals surface area contributed by atoms with Crippen molar-refractivity contribution in [2.24, 2.45) is 4.99 Å². The molecule has 0 bridgehead atoms. The van der Waals surface area contributed by atoms with Crippen LogP contribution >= 0.6 is 0 Å². The Labute approximate surface area is 335 Å². The summed E-state index contributed by atoms with van der Waals surface area (Å²) in [4.78, 5) is 53.6. The maximum atomic E-state index is 12.2. The van der Waals surface area contributed by atoms with Crippen LogP contribution in [0.4, 0.5) is 47.3 Å². The third-order valence-electron chi connectivity index (χ3n) is 8.02. The number of anilines is 2. The first-order valence-electron chi connectivity index (χ1n) is 17.4. The number of urea groups is 2. The predicted molar refractivity (Wildman–Crippen MR) is 207 cm³/mol. The van der Waals surface area contributed by atoms with Gasteiger partial charge in [0.15, 0.2) is 6.33 Å². The molecule has 0 atom stereocenters. The molecule has 5 aromatic heterocycles. The van der Waals surface area contributed by atoms with Gasteiger partial charge in [0.2, 0.25) is 0 Å². The molecule has 0 aliphatic carbocycles. The molecule has 0 unspecified atom stereocenters. The molecular formula is C38H32F6N12O4. The minimum atomic E-state index is -4.49. The van der Waals surface area contributed by atoms with E-state index in [9.17, 15) is 40.7 Å². The van der Waals surface area contributed by atoms with Crippen molar-refractivity contribution in [3.63, 3.8) is 0 Å². The summed E-state index contributed by atoms with van der Waals surface area (Å²) in [6.45, 7) is -2.83. The molecule has 5 heterocycles. The number of carbonyl (C=O) groups is 3. The Morgan fingerprint density at radius 3 is 1.75 bits per heavy atom. The largest absolute Gasteiger partial charge is 0.405 e. The van der Waals surface area contributed by atoms with Crippen LogP contribution in [0, 0.1) is 0 Å². The zero-order valence-electron chi connectivity index (χ0n) is 31.3. The van der Waals surface area contributed by atoms with Crippen LogP contribution < -0.4 is 21.3 Å². The van der Waals surface area contributed by atoms with E-state index in [0.29, 0.717) is 50.9 Å². The highest BCUT2D eigenvalue weighted by molar-refractivity contribution is 5.99. The van der Waals surface area contributed by atoms with Gasteiger partial charge in [0, 0.05) is 60.1 Å². The maximum Gasteiger partial charge on any atom is 0.405 e. The molecule has 310 valence electrons. The number of amides is 5. The molecule has 0 spiro atoms. The second-order valence-corrected chi connectivity index (χ2v) is 12.8. The van der Waals surface area contributed by atoms with Crippen molar-refractivity contribution in [1.82, 2.24) is 44.4 Å². The second-order valence-electron chi connectivity index (χ2n) is 12.8. The third kappa shape index (κ3) is 11.2. The molecule has 7 rings (SSSR count). The van der Waals surface area contributed by atoms with Gasteiger partial charge in [-0.3, -0.25) is 13.6 Å². The third-order valence-corrected chi connectivity index (χ3v) is 8.02. The van der Waals surface area contributed by atoms with Crippen LogP contribution in [0.1, 0.15) is 10.4 Å². The molecule has 0 saturated heterocycles. The maximum absolute atomic E-state index is 12.2. The summed E-state index contributed by atoms with van der Waals surface area (Å²) >= 11 is 0. The van der Waals surface area contributed by atoms with Gasteiger partial charge in [-0.1, -0.05) is 29.4 Å². The summed E-state index contributed by atoms with van der Waals surface area (Å²) in [7, 11) is 3.51. The van der Waals surface area contributed by atoms with E-state index >= 15 is 0 Å². The summed E-state index contributed by atoms with van der Waals surface area (Å²) in [5.74, 6) is -0.0371.